The van der Waals surface area contributed by atoms with Gasteiger partial charge in [0.2, 0.25) is 0 Å². The first-order chi connectivity index (χ1) is 9.75. The van der Waals surface area contributed by atoms with E-state index in [2.05, 4.69) is 36.0 Å². The van der Waals surface area contributed by atoms with Crippen LogP contribution in [0, 0.1) is 0 Å². The Hall–Kier alpha value is -0.740. The molecule has 118 valence electrons. The van der Waals surface area contributed by atoms with Crippen LogP contribution in [0.15, 0.2) is 5.38 Å². The topological polar surface area (TPSA) is 33.2 Å². The third-order valence-corrected chi connectivity index (χ3v) is 5.54. The number of nitrogens with zero attached hydrogens (tertiary/aromatic N) is 2. The van der Waals surface area contributed by atoms with Crippen LogP contribution in [0.2, 0.25) is 0 Å². The van der Waals surface area contributed by atoms with Crippen LogP contribution < -0.4 is 0 Å². The highest BCUT2D eigenvalue weighted by Gasteiger charge is 2.41. The molecule has 1 aliphatic rings. The van der Waals surface area contributed by atoms with Crippen molar-refractivity contribution < 1.29 is 4.79 Å². The van der Waals surface area contributed by atoms with Crippen molar-refractivity contribution in [3.8, 4) is 0 Å². The van der Waals surface area contributed by atoms with E-state index in [1.165, 1.54) is 6.42 Å². The van der Waals surface area contributed by atoms with Crippen molar-refractivity contribution in [1.29, 1.82) is 0 Å². The van der Waals surface area contributed by atoms with Crippen molar-refractivity contribution in [2.75, 3.05) is 14.1 Å². The molecule has 1 fully saturated rings. The maximum absolute atomic E-state index is 12.9. The summed E-state index contributed by atoms with van der Waals surface area (Å²) < 4.78 is 0. The van der Waals surface area contributed by atoms with E-state index in [4.69, 9.17) is 0 Å². The van der Waals surface area contributed by atoms with Gasteiger partial charge in [-0.05, 0) is 26.9 Å². The van der Waals surface area contributed by atoms with Gasteiger partial charge in [0, 0.05) is 10.8 Å². The van der Waals surface area contributed by atoms with E-state index < -0.39 is 0 Å². The highest BCUT2D eigenvalue weighted by Crippen LogP contribution is 2.34. The number of rotatable bonds is 4. The number of hydrogen-bond donors (Lipinski definition) is 0. The van der Waals surface area contributed by atoms with Gasteiger partial charge >= 0.3 is 0 Å². The number of carbonyl (C=O) groups is 1. The number of carbonyl (C=O) groups excluding carboxylic acids is 1. The number of ketones is 1. The van der Waals surface area contributed by atoms with Crippen LogP contribution in [-0.2, 0) is 16.6 Å². The molecule has 3 nitrogen and oxygen atoms in total. The van der Waals surface area contributed by atoms with Gasteiger partial charge in [0.25, 0.3) is 0 Å². The molecular weight excluding hydrogens is 280 g/mol. The Morgan fingerprint density at radius 1 is 1.29 bits per heavy atom. The molecule has 0 aliphatic heterocycles. The fraction of sp³-hybridized carbons (Fsp3) is 0.765. The normalized spacial score (nSPS) is 19.0. The van der Waals surface area contributed by atoms with E-state index in [9.17, 15) is 4.79 Å². The van der Waals surface area contributed by atoms with Crippen LogP contribution in [-0.4, -0.2) is 35.3 Å². The summed E-state index contributed by atoms with van der Waals surface area (Å²) in [5.74, 6) is 0.349. The molecule has 4 heteroatoms. The molecule has 0 spiro atoms. The Labute approximate surface area is 132 Å². The maximum Gasteiger partial charge on any atom is 0.159 e. The lowest BCUT2D eigenvalue weighted by molar-refractivity contribution is -0.131. The largest absolute Gasteiger partial charge is 0.297 e. The molecule has 0 radical (unpaired) electrons. The van der Waals surface area contributed by atoms with Crippen LogP contribution >= 0.6 is 11.3 Å². The predicted molar refractivity (Wildman–Crippen MR) is 89.0 cm³/mol. The quantitative estimate of drug-likeness (QED) is 0.848. The zero-order valence-corrected chi connectivity index (χ0v) is 14.8. The molecule has 0 unspecified atom stereocenters. The number of aromatic nitrogens is 1. The zero-order chi connectivity index (χ0) is 15.7. The summed E-state index contributed by atoms with van der Waals surface area (Å²) in [5, 5.41) is 3.07. The molecule has 1 heterocycles. The minimum Gasteiger partial charge on any atom is -0.297 e. The van der Waals surface area contributed by atoms with Crippen LogP contribution in [0.1, 0.15) is 63.6 Å². The monoisotopic (exact) mass is 308 g/mol. The summed E-state index contributed by atoms with van der Waals surface area (Å²) in [5.41, 5.74) is 0.895. The van der Waals surface area contributed by atoms with Gasteiger partial charge in [-0.3, -0.25) is 9.69 Å². The van der Waals surface area contributed by atoms with Crippen LogP contribution in [0.5, 0.6) is 0 Å². The van der Waals surface area contributed by atoms with Crippen molar-refractivity contribution in [2.24, 2.45) is 0 Å². The van der Waals surface area contributed by atoms with E-state index in [1.807, 2.05) is 14.1 Å². The maximum atomic E-state index is 12.9. The lowest BCUT2D eigenvalue weighted by Crippen LogP contribution is -2.53. The molecule has 0 saturated heterocycles. The first-order valence-corrected chi connectivity index (χ1v) is 8.79. The molecular formula is C17H28N2OS. The van der Waals surface area contributed by atoms with Crippen molar-refractivity contribution in [3.63, 3.8) is 0 Å². The third-order valence-electron chi connectivity index (χ3n) is 4.69. The van der Waals surface area contributed by atoms with Gasteiger partial charge < -0.3 is 0 Å². The van der Waals surface area contributed by atoms with Gasteiger partial charge in [0.1, 0.15) is 5.01 Å². The Morgan fingerprint density at radius 3 is 2.38 bits per heavy atom. The smallest absolute Gasteiger partial charge is 0.159 e. The van der Waals surface area contributed by atoms with Gasteiger partial charge in [0.15, 0.2) is 5.78 Å². The molecule has 0 bridgehead atoms. The molecule has 0 aromatic carbocycles. The van der Waals surface area contributed by atoms with Crippen molar-refractivity contribution in [1.82, 2.24) is 9.88 Å². The van der Waals surface area contributed by atoms with Crippen LogP contribution in [0.4, 0.5) is 0 Å². The SMILES string of the molecule is CN(C)C1(C(=O)Cc2nc(C(C)(C)C)cs2)CCCCC1. The second-order valence-electron chi connectivity index (χ2n) is 7.46. The van der Waals surface area contributed by atoms with Crippen LogP contribution in [0.3, 0.4) is 0 Å². The molecule has 0 atom stereocenters. The average molecular weight is 308 g/mol. The molecule has 0 amide bonds. The third kappa shape index (κ3) is 3.54. The van der Waals surface area contributed by atoms with Gasteiger partial charge in [-0.2, -0.15) is 0 Å². The van der Waals surface area contributed by atoms with E-state index in [1.54, 1.807) is 11.3 Å². The summed E-state index contributed by atoms with van der Waals surface area (Å²) in [6.45, 7) is 6.49. The Kier molecular flexibility index (Phi) is 4.89. The zero-order valence-electron chi connectivity index (χ0n) is 14.0. The van der Waals surface area contributed by atoms with E-state index in [-0.39, 0.29) is 11.0 Å². The first-order valence-electron chi connectivity index (χ1n) is 7.91. The second kappa shape index (κ2) is 6.17. The van der Waals surface area contributed by atoms with Crippen LogP contribution in [0.25, 0.3) is 0 Å². The number of thiazole rings is 1. The average Bonchev–Trinajstić information content (AvgIpc) is 2.87. The summed E-state index contributed by atoms with van der Waals surface area (Å²) in [6, 6.07) is 0. The van der Waals surface area contributed by atoms with Gasteiger partial charge in [-0.15, -0.1) is 11.3 Å². The summed E-state index contributed by atoms with van der Waals surface area (Å²) in [6.07, 6.45) is 6.06. The fourth-order valence-electron chi connectivity index (χ4n) is 3.15. The highest BCUT2D eigenvalue weighted by atomic mass is 32.1. The number of hydrogen-bond acceptors (Lipinski definition) is 4. The summed E-state index contributed by atoms with van der Waals surface area (Å²) >= 11 is 1.63. The number of Topliss-reactive ketones (excluding diaryl/α,β-unsaturated/α-hetero) is 1. The Morgan fingerprint density at radius 2 is 1.90 bits per heavy atom. The molecule has 1 aliphatic carbocycles. The number of likely N-dealkylation sites (N-methyl/N-ethyl adjacent to an activating group) is 1. The second-order valence-corrected chi connectivity index (χ2v) is 8.41. The van der Waals surface area contributed by atoms with Gasteiger partial charge in [0.05, 0.1) is 17.7 Å². The molecule has 21 heavy (non-hydrogen) atoms. The highest BCUT2D eigenvalue weighted by molar-refractivity contribution is 7.09. The molecule has 1 aromatic rings. The summed E-state index contributed by atoms with van der Waals surface area (Å²) in [7, 11) is 4.09. The molecule has 1 saturated carbocycles. The first kappa shape index (κ1) is 16.6. The lowest BCUT2D eigenvalue weighted by atomic mass is 9.76. The minimum atomic E-state index is -0.258. The Balaban J connectivity index is 2.14. The summed E-state index contributed by atoms with van der Waals surface area (Å²) in [4.78, 5) is 19.7. The Bertz CT molecular complexity index is 493. The van der Waals surface area contributed by atoms with E-state index >= 15 is 0 Å². The minimum absolute atomic E-state index is 0.0574. The standard InChI is InChI=1S/C17H28N2OS/c1-16(2,3)13-12-21-15(18-13)11-14(20)17(19(4)5)9-7-6-8-10-17/h12H,6-11H2,1-5H3. The van der Waals surface area contributed by atoms with E-state index in [0.717, 1.165) is 36.4 Å². The van der Waals surface area contributed by atoms with E-state index in [0.29, 0.717) is 12.2 Å². The fourth-order valence-corrected chi connectivity index (χ4v) is 4.17. The molecule has 2 rings (SSSR count). The predicted octanol–water partition coefficient (Wildman–Crippen LogP) is 3.82. The molecule has 1 aromatic heterocycles. The van der Waals surface area contributed by atoms with Crippen molar-refractivity contribution >= 4 is 17.1 Å². The van der Waals surface area contributed by atoms with Crippen molar-refractivity contribution in [3.05, 3.63) is 16.1 Å². The lowest BCUT2D eigenvalue weighted by Gasteiger charge is -2.41. The molecule has 0 N–H and O–H groups in total. The van der Waals surface area contributed by atoms with Crippen molar-refractivity contribution in [2.45, 2.75) is 70.3 Å². The van der Waals surface area contributed by atoms with Gasteiger partial charge in [-0.25, -0.2) is 4.98 Å². The van der Waals surface area contributed by atoms with Gasteiger partial charge in [-0.1, -0.05) is 40.0 Å².